The third kappa shape index (κ3) is 5.73. The summed E-state index contributed by atoms with van der Waals surface area (Å²) in [5.41, 5.74) is 1.47. The average Bonchev–Trinajstić information content (AvgIpc) is 3.14. The molecule has 2 amide bonds. The second kappa shape index (κ2) is 10.6. The number of imidazole rings is 1. The number of carbonyl (C=O) groups excluding carboxylic acids is 2. The monoisotopic (exact) mass is 477 g/mol. The van der Waals surface area contributed by atoms with Crippen molar-refractivity contribution in [3.8, 4) is 0 Å². The topological polar surface area (TPSA) is 105 Å². The Morgan fingerprint density at radius 3 is 2.64 bits per heavy atom. The molecule has 0 spiro atoms. The molecule has 3 rings (SSSR count). The fourth-order valence-corrected chi connectivity index (χ4v) is 5.22. The van der Waals surface area contributed by atoms with Crippen molar-refractivity contribution in [3.63, 3.8) is 0 Å². The van der Waals surface area contributed by atoms with Crippen LogP contribution in [0.3, 0.4) is 0 Å². The van der Waals surface area contributed by atoms with Crippen molar-refractivity contribution in [2.24, 2.45) is 0 Å². The second-order valence-electron chi connectivity index (χ2n) is 8.71. The standard InChI is InChI=1S/C23H35N5O4S/c1-5-8-22(29)24-17-9-7-14-27(16-17)23(30)13-12-21-25-19-15-18(33(31,32)26(3)4)10-11-20(19)28(21)6-2/h10-11,15,17H,5-9,12-14,16H2,1-4H3,(H,24,29). The summed E-state index contributed by atoms with van der Waals surface area (Å²) in [5.74, 6) is 0.865. The molecule has 1 aliphatic heterocycles. The van der Waals surface area contributed by atoms with Gasteiger partial charge in [-0.3, -0.25) is 9.59 Å². The largest absolute Gasteiger partial charge is 0.352 e. The molecular weight excluding hydrogens is 442 g/mol. The zero-order valence-electron chi connectivity index (χ0n) is 20.0. The van der Waals surface area contributed by atoms with Crippen molar-refractivity contribution in [2.45, 2.75) is 69.9 Å². The van der Waals surface area contributed by atoms with Crippen LogP contribution < -0.4 is 5.32 Å². The van der Waals surface area contributed by atoms with E-state index in [-0.39, 0.29) is 22.8 Å². The minimum atomic E-state index is -3.54. The first-order valence-corrected chi connectivity index (χ1v) is 13.1. The van der Waals surface area contributed by atoms with Crippen LogP contribution in [-0.4, -0.2) is 72.2 Å². The van der Waals surface area contributed by atoms with E-state index in [9.17, 15) is 18.0 Å². The Morgan fingerprint density at radius 1 is 1.21 bits per heavy atom. The lowest BCUT2D eigenvalue weighted by molar-refractivity contribution is -0.133. The van der Waals surface area contributed by atoms with E-state index < -0.39 is 10.0 Å². The van der Waals surface area contributed by atoms with E-state index in [0.717, 1.165) is 30.6 Å². The Kier molecular flexibility index (Phi) is 8.12. The maximum Gasteiger partial charge on any atom is 0.242 e. The van der Waals surface area contributed by atoms with E-state index in [0.29, 0.717) is 44.4 Å². The highest BCUT2D eigenvalue weighted by atomic mass is 32.2. The molecule has 1 aliphatic rings. The van der Waals surface area contributed by atoms with Crippen LogP contribution in [0, 0.1) is 0 Å². The van der Waals surface area contributed by atoms with Crippen LogP contribution in [0.15, 0.2) is 23.1 Å². The van der Waals surface area contributed by atoms with Gasteiger partial charge in [-0.1, -0.05) is 6.92 Å². The molecule has 1 atom stereocenters. The lowest BCUT2D eigenvalue weighted by Gasteiger charge is -2.33. The fourth-order valence-electron chi connectivity index (χ4n) is 4.30. The van der Waals surface area contributed by atoms with Gasteiger partial charge < -0.3 is 14.8 Å². The van der Waals surface area contributed by atoms with Crippen LogP contribution in [0.4, 0.5) is 0 Å². The van der Waals surface area contributed by atoms with Crippen LogP contribution in [0.25, 0.3) is 11.0 Å². The van der Waals surface area contributed by atoms with Crippen molar-refractivity contribution in [2.75, 3.05) is 27.2 Å². The number of likely N-dealkylation sites (tertiary alicyclic amines) is 1. The number of aromatic nitrogens is 2. The molecule has 1 N–H and O–H groups in total. The number of rotatable bonds is 9. The molecule has 2 aromatic rings. The number of nitrogens with zero attached hydrogens (tertiary/aromatic N) is 4. The molecule has 2 heterocycles. The van der Waals surface area contributed by atoms with E-state index in [4.69, 9.17) is 0 Å². The highest BCUT2D eigenvalue weighted by Crippen LogP contribution is 2.23. The molecule has 0 bridgehead atoms. The van der Waals surface area contributed by atoms with Crippen molar-refractivity contribution < 1.29 is 18.0 Å². The number of fused-ring (bicyclic) bond motifs is 1. The molecule has 1 aromatic heterocycles. The quantitative estimate of drug-likeness (QED) is 0.596. The van der Waals surface area contributed by atoms with Gasteiger partial charge in [0.05, 0.1) is 15.9 Å². The molecule has 0 saturated carbocycles. The maximum atomic E-state index is 12.9. The summed E-state index contributed by atoms with van der Waals surface area (Å²) in [6.07, 6.45) is 3.88. The fraction of sp³-hybridized carbons (Fsp3) is 0.609. The van der Waals surface area contributed by atoms with Gasteiger partial charge in [0.1, 0.15) is 5.82 Å². The highest BCUT2D eigenvalue weighted by molar-refractivity contribution is 7.89. The first-order chi connectivity index (χ1) is 15.7. The lowest BCUT2D eigenvalue weighted by atomic mass is 10.0. The van der Waals surface area contributed by atoms with E-state index in [1.807, 2.05) is 23.3 Å². The molecule has 1 unspecified atom stereocenters. The van der Waals surface area contributed by atoms with Gasteiger partial charge in [0.15, 0.2) is 0 Å². The molecule has 1 saturated heterocycles. The molecule has 9 nitrogen and oxygen atoms in total. The van der Waals surface area contributed by atoms with E-state index in [2.05, 4.69) is 10.3 Å². The Hall–Kier alpha value is -2.46. The minimum Gasteiger partial charge on any atom is -0.352 e. The molecule has 33 heavy (non-hydrogen) atoms. The van der Waals surface area contributed by atoms with Crippen LogP contribution >= 0.6 is 0 Å². The Bertz CT molecular complexity index is 1110. The predicted molar refractivity (Wildman–Crippen MR) is 127 cm³/mol. The number of carbonyl (C=O) groups is 2. The van der Waals surface area contributed by atoms with Crippen molar-refractivity contribution in [3.05, 3.63) is 24.0 Å². The Balaban J connectivity index is 1.70. The average molecular weight is 478 g/mol. The maximum absolute atomic E-state index is 12.9. The zero-order chi connectivity index (χ0) is 24.2. The number of amides is 2. The first kappa shape index (κ1) is 25.2. The van der Waals surface area contributed by atoms with Gasteiger partial charge in [-0.15, -0.1) is 0 Å². The molecular formula is C23H35N5O4S. The highest BCUT2D eigenvalue weighted by Gasteiger charge is 2.25. The SMILES string of the molecule is CCCC(=O)NC1CCCN(C(=O)CCc2nc3cc(S(=O)(=O)N(C)C)ccc3n2CC)C1. The Labute approximate surface area is 196 Å². The van der Waals surface area contributed by atoms with E-state index in [1.165, 1.54) is 18.4 Å². The third-order valence-corrected chi connectivity index (χ3v) is 7.88. The van der Waals surface area contributed by atoms with E-state index in [1.54, 1.807) is 18.2 Å². The summed E-state index contributed by atoms with van der Waals surface area (Å²) in [4.78, 5) is 31.5. The van der Waals surface area contributed by atoms with Crippen molar-refractivity contribution in [1.29, 1.82) is 0 Å². The molecule has 1 fully saturated rings. The minimum absolute atomic E-state index is 0.0130. The number of piperidine rings is 1. The smallest absolute Gasteiger partial charge is 0.242 e. The summed E-state index contributed by atoms with van der Waals surface area (Å²) in [6, 6.07) is 4.98. The van der Waals surface area contributed by atoms with Gasteiger partial charge in [-0.2, -0.15) is 0 Å². The van der Waals surface area contributed by atoms with Gasteiger partial charge in [0, 0.05) is 59.0 Å². The number of nitrogens with one attached hydrogen (secondary N) is 1. The van der Waals surface area contributed by atoms with Crippen LogP contribution in [-0.2, 0) is 32.6 Å². The predicted octanol–water partition coefficient (Wildman–Crippen LogP) is 2.15. The second-order valence-corrected chi connectivity index (χ2v) is 10.9. The van der Waals surface area contributed by atoms with Gasteiger partial charge in [0.2, 0.25) is 21.8 Å². The number of hydrogen-bond acceptors (Lipinski definition) is 5. The molecule has 0 aliphatic carbocycles. The van der Waals surface area contributed by atoms with Crippen LogP contribution in [0.2, 0.25) is 0 Å². The summed E-state index contributed by atoms with van der Waals surface area (Å²) in [7, 11) is -0.540. The van der Waals surface area contributed by atoms with Gasteiger partial charge in [-0.05, 0) is 44.4 Å². The summed E-state index contributed by atoms with van der Waals surface area (Å²) in [5, 5.41) is 3.04. The number of sulfonamides is 1. The molecule has 182 valence electrons. The lowest BCUT2D eigenvalue weighted by Crippen LogP contribution is -2.49. The van der Waals surface area contributed by atoms with Crippen LogP contribution in [0.1, 0.15) is 51.8 Å². The van der Waals surface area contributed by atoms with Gasteiger partial charge in [0.25, 0.3) is 0 Å². The molecule has 1 aromatic carbocycles. The van der Waals surface area contributed by atoms with Crippen molar-refractivity contribution in [1.82, 2.24) is 24.1 Å². The number of hydrogen-bond donors (Lipinski definition) is 1. The van der Waals surface area contributed by atoms with Crippen LogP contribution in [0.5, 0.6) is 0 Å². The summed E-state index contributed by atoms with van der Waals surface area (Å²) in [6.45, 7) is 5.90. The van der Waals surface area contributed by atoms with Crippen molar-refractivity contribution >= 4 is 32.9 Å². The first-order valence-electron chi connectivity index (χ1n) is 11.7. The van der Waals surface area contributed by atoms with Gasteiger partial charge in [-0.25, -0.2) is 17.7 Å². The third-order valence-electron chi connectivity index (χ3n) is 6.07. The number of aryl methyl sites for hydroxylation is 2. The Morgan fingerprint density at radius 2 is 1.97 bits per heavy atom. The summed E-state index contributed by atoms with van der Waals surface area (Å²) < 4.78 is 28.2. The van der Waals surface area contributed by atoms with Gasteiger partial charge >= 0.3 is 0 Å². The normalized spacial score (nSPS) is 17.0. The molecule has 0 radical (unpaired) electrons. The summed E-state index contributed by atoms with van der Waals surface area (Å²) >= 11 is 0. The van der Waals surface area contributed by atoms with E-state index >= 15 is 0 Å². The zero-order valence-corrected chi connectivity index (χ0v) is 20.8. The number of benzene rings is 1. The molecule has 10 heteroatoms.